The summed E-state index contributed by atoms with van der Waals surface area (Å²) in [6, 6.07) is 7.00. The number of phenolic OH excluding ortho intramolecular Hbond substituents is 1. The molecule has 3 aliphatic rings. The molecule has 4 heterocycles. The molecule has 6 aromatic rings. The summed E-state index contributed by atoms with van der Waals surface area (Å²) in [4.78, 5) is 256. The molecule has 0 aliphatic carbocycles. The number of aromatic nitrogens is 1. The van der Waals surface area contributed by atoms with Gasteiger partial charge in [0.2, 0.25) is 88.6 Å². The van der Waals surface area contributed by atoms with E-state index in [0.717, 1.165) is 31.5 Å². The molecule has 0 bridgehead atoms. The second-order valence-corrected chi connectivity index (χ2v) is 33.8. The van der Waals surface area contributed by atoms with Crippen molar-refractivity contribution in [3.05, 3.63) is 173 Å². The molecule has 0 radical (unpaired) electrons. The van der Waals surface area contributed by atoms with E-state index in [1.165, 1.54) is 52.2 Å². The Morgan fingerprint density at radius 2 is 1.11 bits per heavy atom. The molecule has 43 heteroatoms. The van der Waals surface area contributed by atoms with Crippen LogP contribution in [0.25, 0.3) is 10.9 Å². The summed E-state index contributed by atoms with van der Waals surface area (Å²) in [5.74, 6) is -23.8. The molecule has 3 fully saturated rings. The minimum Gasteiger partial charge on any atom is -0.508 e. The fourth-order valence-corrected chi connectivity index (χ4v) is 16.5. The molecule has 1 aromatic heterocycles. The molecular formula is C90H111F3N16O23S. The summed E-state index contributed by atoms with van der Waals surface area (Å²) in [5, 5.41) is 55.5. The highest BCUT2D eigenvalue weighted by molar-refractivity contribution is 8.00. The Morgan fingerprint density at radius 1 is 0.571 bits per heavy atom. The van der Waals surface area contributed by atoms with E-state index in [2.05, 4.69) is 52.8 Å². The number of rotatable bonds is 25. The van der Waals surface area contributed by atoms with Gasteiger partial charge >= 0.3 is 0 Å². The zero-order valence-corrected chi connectivity index (χ0v) is 74.8. The van der Waals surface area contributed by atoms with Gasteiger partial charge in [-0.1, -0.05) is 125 Å². The van der Waals surface area contributed by atoms with Crippen molar-refractivity contribution in [3.63, 3.8) is 0 Å². The van der Waals surface area contributed by atoms with Crippen LogP contribution in [0, 0.1) is 23.4 Å². The molecule has 39 nitrogen and oxygen atoms in total. The first-order valence-corrected chi connectivity index (χ1v) is 44.2. The van der Waals surface area contributed by atoms with Gasteiger partial charge in [0.1, 0.15) is 97.5 Å². The van der Waals surface area contributed by atoms with Gasteiger partial charge < -0.3 is 113 Å². The number of aromatic amines is 1. The van der Waals surface area contributed by atoms with Crippen molar-refractivity contribution in [2.24, 2.45) is 11.7 Å². The van der Waals surface area contributed by atoms with Gasteiger partial charge in [0.05, 0.1) is 31.6 Å². The molecule has 133 heavy (non-hydrogen) atoms. The molecule has 5 aromatic carbocycles. The number of phenols is 1. The second-order valence-electron chi connectivity index (χ2n) is 32.7. The Labute approximate surface area is 767 Å². The minimum absolute atomic E-state index is 0.0201. The van der Waals surface area contributed by atoms with Crippen LogP contribution in [0.4, 0.5) is 13.2 Å². The van der Waals surface area contributed by atoms with Crippen LogP contribution in [0.1, 0.15) is 80.7 Å². The molecule has 716 valence electrons. The third-order valence-electron chi connectivity index (χ3n) is 22.9. The third kappa shape index (κ3) is 28.5. The summed E-state index contributed by atoms with van der Waals surface area (Å²) in [5.41, 5.74) is 7.15. The monoisotopic (exact) mass is 1870 g/mol. The standard InChI is InChI=1S/C90H111F3N16O23S/c1-7-8-23-69-89(128)109-42-57(114)39-71(109)84(123)101-66(43-131-48-111)82(121)104-77(50(2)3)90(129)106(5)70(36-51-17-11-9-12-18-51)83(122)102-67(44-132-49-112)87(126)108-29-31-130-45-73(108)85(124)100-64(38-55-40-95-61-22-16-15-21-58(55)61)81(120)99-63(34-53-24-26-56(113)27-25-53)80(119)98-62(28-30-110)79(118)103-68(78(117)96-41-74(94)115)46-133-47-75(116)97-65(35-54-32-59(91)76(93)60(92)33-54)86(125)107(6)72(88(127)105(69)4)37-52-19-13-10-14-20-52/h9-22,24-27,32-33,40,48-50,57,62-73,77,95,110,113-114H,7-8,23,28-31,34-39,41-47H2,1-6H3,(H2,94,115)(H,96,117)(H,97,116)(H,98,119)(H,99,120)(H,100,124)(H,101,123)(H,102,122)(H,103,118)(H,104,121)/t57-,62+,63+,64+,65+,66+,67+,68+,69+,70+,71-,72+,73-,77+/m1/s1. The second kappa shape index (κ2) is 49.6. The smallest absolute Gasteiger partial charge is 0.293 e. The zero-order valence-electron chi connectivity index (χ0n) is 73.9. The number of halogens is 3. The van der Waals surface area contributed by atoms with Crippen LogP contribution >= 0.6 is 11.8 Å². The zero-order chi connectivity index (χ0) is 96.9. The van der Waals surface area contributed by atoms with Gasteiger partial charge in [0.15, 0.2) is 17.5 Å². The van der Waals surface area contributed by atoms with Crippen molar-refractivity contribution in [2.45, 2.75) is 170 Å². The summed E-state index contributed by atoms with van der Waals surface area (Å²) in [6.07, 6.45) is -2.72. The Balaban J connectivity index is 1.13. The van der Waals surface area contributed by atoms with Crippen molar-refractivity contribution >= 4 is 124 Å². The molecule has 0 saturated carbocycles. The van der Waals surface area contributed by atoms with Crippen molar-refractivity contribution in [3.8, 4) is 5.75 Å². The van der Waals surface area contributed by atoms with Gasteiger partial charge in [-0.05, 0) is 76.9 Å². The number of carbonyl (C=O) groups excluding carboxylic acids is 17. The van der Waals surface area contributed by atoms with E-state index in [-0.39, 0.29) is 69.5 Å². The number of aliphatic hydroxyl groups is 2. The number of fused-ring (bicyclic) bond motifs is 3. The molecule has 9 rings (SSSR count). The molecule has 15 amide bonds. The van der Waals surface area contributed by atoms with E-state index in [0.29, 0.717) is 57.9 Å². The predicted octanol–water partition coefficient (Wildman–Crippen LogP) is -1.72. The van der Waals surface area contributed by atoms with Crippen LogP contribution in [-0.2, 0) is 128 Å². The number of benzene rings is 5. The number of aliphatic hydroxyl groups excluding tert-OH is 2. The number of para-hydroxylation sites is 1. The molecule has 14 atom stereocenters. The maximum absolute atomic E-state index is 15.7. The number of nitrogens with one attached hydrogen (secondary N) is 10. The third-order valence-corrected chi connectivity index (χ3v) is 23.9. The number of nitrogens with zero attached hydrogens (tertiary/aromatic N) is 5. The average molecular weight is 1870 g/mol. The first-order valence-electron chi connectivity index (χ1n) is 43.0. The molecule has 0 spiro atoms. The number of amides is 15. The van der Waals surface area contributed by atoms with E-state index < -0.39 is 279 Å². The topological polar surface area (TPSA) is 545 Å². The summed E-state index contributed by atoms with van der Waals surface area (Å²) in [6.45, 7) is -0.429. The number of ether oxygens (including phenoxy) is 3. The number of aromatic hydroxyl groups is 1. The number of H-pyrrole nitrogens is 1. The maximum Gasteiger partial charge on any atom is 0.293 e. The first-order chi connectivity index (χ1) is 63.5. The number of likely N-dealkylation sites (N-methyl/N-ethyl adjacent to an activating group) is 3. The van der Waals surface area contributed by atoms with Gasteiger partial charge in [-0.25, -0.2) is 13.2 Å². The lowest BCUT2D eigenvalue weighted by Gasteiger charge is -2.38. The largest absolute Gasteiger partial charge is 0.508 e. The van der Waals surface area contributed by atoms with Gasteiger partial charge in [-0.2, -0.15) is 0 Å². The highest BCUT2D eigenvalue weighted by Crippen LogP contribution is 2.28. The Kier molecular flexibility index (Phi) is 38.5. The lowest BCUT2D eigenvalue weighted by atomic mass is 9.98. The van der Waals surface area contributed by atoms with E-state index >= 15 is 51.9 Å². The van der Waals surface area contributed by atoms with Crippen molar-refractivity contribution in [1.29, 1.82) is 0 Å². The van der Waals surface area contributed by atoms with E-state index in [9.17, 15) is 58.1 Å². The number of morpholine rings is 1. The molecule has 3 aliphatic heterocycles. The lowest BCUT2D eigenvalue weighted by molar-refractivity contribution is -0.154. The molecule has 15 N–H and O–H groups in total. The van der Waals surface area contributed by atoms with Crippen molar-refractivity contribution in [1.82, 2.24) is 77.3 Å². The van der Waals surface area contributed by atoms with Crippen LogP contribution in [0.5, 0.6) is 5.75 Å². The number of unbranched alkanes of at least 4 members (excludes halogenated alkanes) is 1. The number of primary amides is 1. The van der Waals surface area contributed by atoms with Crippen molar-refractivity contribution < 1.29 is 124 Å². The molecule has 3 saturated heterocycles. The number of carbonyl (C=O) groups is 17. The van der Waals surface area contributed by atoms with Crippen LogP contribution < -0.4 is 53.6 Å². The summed E-state index contributed by atoms with van der Waals surface area (Å²) >= 11 is 0.605. The van der Waals surface area contributed by atoms with E-state index in [1.807, 2.05) is 0 Å². The van der Waals surface area contributed by atoms with Crippen LogP contribution in [-0.4, -0.2) is 316 Å². The van der Waals surface area contributed by atoms with E-state index in [4.69, 9.17) is 19.9 Å². The first kappa shape index (κ1) is 103. The van der Waals surface area contributed by atoms with Gasteiger partial charge in [-0.15, -0.1) is 11.8 Å². The molecular weight excluding hydrogens is 1760 g/mol. The van der Waals surface area contributed by atoms with Gasteiger partial charge in [0.25, 0.3) is 12.9 Å². The quantitative estimate of drug-likeness (QED) is 0.0224. The predicted molar refractivity (Wildman–Crippen MR) is 471 cm³/mol. The number of nitrogens with two attached hydrogens (primary N) is 1. The Morgan fingerprint density at radius 3 is 1.74 bits per heavy atom. The van der Waals surface area contributed by atoms with Gasteiger partial charge in [0, 0.05) is 102 Å². The Hall–Kier alpha value is -13.6. The highest BCUT2D eigenvalue weighted by atomic mass is 32.2. The summed E-state index contributed by atoms with van der Waals surface area (Å²) < 4.78 is 61.0. The average Bonchev–Trinajstić information content (AvgIpc) is 1.50. The summed E-state index contributed by atoms with van der Waals surface area (Å²) in [7, 11) is 3.60. The fraction of sp³-hybridized carbons (Fsp3) is 0.456. The van der Waals surface area contributed by atoms with Crippen molar-refractivity contribution in [2.75, 3.05) is 85.3 Å². The van der Waals surface area contributed by atoms with Crippen LogP contribution in [0.15, 0.2) is 128 Å². The number of hydrogen-bond acceptors (Lipinski definition) is 24. The minimum atomic E-state index is -1.92. The van der Waals surface area contributed by atoms with Gasteiger partial charge in [-0.3, -0.25) is 81.5 Å². The fourth-order valence-electron chi connectivity index (χ4n) is 15.7. The SMILES string of the molecule is CCCC[C@H]1C(=O)N2C[C@H](O)C[C@@H]2C(=O)N[C@@H](COC=O)C(=O)N[C@@H](C(C)C)C(=O)N(C)[C@@H](Cc2ccccc2)C(=O)N[C@@H](COC=O)C(=O)N2CCOC[C@@H]2C(=O)N[C@@H](Cc2c[nH]c3ccccc23)C(=O)N[C@@H](Cc2ccc(O)cc2)C(=O)N[C@@H](CCO)C(=O)N[C@H](C(=O)NCC(N)=O)CSCC(=O)N[C@@H](Cc2cc(F)c(F)c(F)c2)C(=O)N(C)[C@@H](Cc2ccccc2)C(=O)N1C. The Bertz CT molecular complexity index is 5120. The molecule has 0 unspecified atom stereocenters. The normalized spacial score (nSPS) is 24.1. The van der Waals surface area contributed by atoms with Crippen LogP contribution in [0.2, 0.25) is 0 Å². The lowest BCUT2D eigenvalue weighted by Crippen LogP contribution is -2.64. The number of hydrogen-bond donors (Lipinski definition) is 14. The number of thioether (sulfide) groups is 1. The van der Waals surface area contributed by atoms with Crippen LogP contribution in [0.3, 0.4) is 0 Å². The van der Waals surface area contributed by atoms with E-state index in [1.54, 1.807) is 98.0 Å². The maximum atomic E-state index is 15.7. The highest BCUT2D eigenvalue weighted by Gasteiger charge is 2.48.